The van der Waals surface area contributed by atoms with E-state index < -0.39 is 25.0 Å². The Hall–Kier alpha value is -3.33. The van der Waals surface area contributed by atoms with Crippen LogP contribution in [0.25, 0.3) is 21.9 Å². The predicted octanol–water partition coefficient (Wildman–Crippen LogP) is 2.86. The first-order valence-electron chi connectivity index (χ1n) is 10.1. The molecule has 31 heavy (non-hydrogen) atoms. The van der Waals surface area contributed by atoms with E-state index in [1.165, 1.54) is 0 Å². The molecular weight excluding hydrogens is 398 g/mol. The average molecular weight is 421 g/mol. The first kappa shape index (κ1) is 19.6. The highest BCUT2D eigenvalue weighted by Gasteiger charge is 2.30. The van der Waals surface area contributed by atoms with Gasteiger partial charge in [0.25, 0.3) is 0 Å². The van der Waals surface area contributed by atoms with Gasteiger partial charge in [-0.2, -0.15) is 0 Å². The number of nitrogens with zero attached hydrogens (tertiary/aromatic N) is 1. The number of aryl methyl sites for hydroxylation is 1. The third-order valence-electron chi connectivity index (χ3n) is 5.60. The molecule has 8 heteroatoms. The Morgan fingerprint density at radius 1 is 1.00 bits per heavy atom. The molecule has 5 rings (SSSR count). The fourth-order valence-corrected chi connectivity index (χ4v) is 3.66. The number of nitrogens with two attached hydrogens (primary N) is 1. The van der Waals surface area contributed by atoms with E-state index in [0.29, 0.717) is 17.2 Å². The van der Waals surface area contributed by atoms with Crippen molar-refractivity contribution >= 4 is 27.8 Å². The minimum absolute atomic E-state index is 0.319. The maximum Gasteiger partial charge on any atom is 0.224 e. The number of aliphatic hydroxyl groups is 2. The molecule has 8 nitrogen and oxygen atoms in total. The van der Waals surface area contributed by atoms with Gasteiger partial charge >= 0.3 is 0 Å². The summed E-state index contributed by atoms with van der Waals surface area (Å²) < 4.78 is 11.5. The third kappa shape index (κ3) is 3.34. The highest BCUT2D eigenvalue weighted by atomic mass is 16.7. The first-order chi connectivity index (χ1) is 15.0. The van der Waals surface area contributed by atoms with Crippen molar-refractivity contribution in [3.8, 4) is 0 Å². The van der Waals surface area contributed by atoms with Crippen LogP contribution in [-0.2, 0) is 16.8 Å². The second-order valence-corrected chi connectivity index (χ2v) is 7.77. The van der Waals surface area contributed by atoms with Crippen molar-refractivity contribution in [2.24, 2.45) is 10.9 Å². The summed E-state index contributed by atoms with van der Waals surface area (Å²) in [5, 5.41) is 28.3. The average Bonchev–Trinajstić information content (AvgIpc) is 3.54. The highest BCUT2D eigenvalue weighted by Crippen LogP contribution is 2.30. The summed E-state index contributed by atoms with van der Waals surface area (Å²) in [6, 6.07) is 15.2. The lowest BCUT2D eigenvalue weighted by Crippen LogP contribution is -2.43. The van der Waals surface area contributed by atoms with Crippen molar-refractivity contribution in [1.82, 2.24) is 5.32 Å². The van der Waals surface area contributed by atoms with E-state index in [2.05, 4.69) is 17.4 Å². The lowest BCUT2D eigenvalue weighted by atomic mass is 10.00. The molecule has 0 saturated carbocycles. The molecule has 1 aliphatic rings. The van der Waals surface area contributed by atoms with Gasteiger partial charge in [-0.05, 0) is 48.5 Å². The summed E-state index contributed by atoms with van der Waals surface area (Å²) in [6.07, 6.45) is 0.436. The van der Waals surface area contributed by atoms with Gasteiger partial charge in [0.2, 0.25) is 6.23 Å². The Morgan fingerprint density at radius 3 is 2.52 bits per heavy atom. The zero-order chi connectivity index (χ0) is 21.6. The van der Waals surface area contributed by atoms with Crippen molar-refractivity contribution < 1.29 is 23.9 Å². The molecule has 0 bridgehead atoms. The molecule has 0 radical (unpaired) electrons. The molecule has 2 aromatic heterocycles. The van der Waals surface area contributed by atoms with Crippen molar-refractivity contribution in [1.29, 1.82) is 0 Å². The van der Waals surface area contributed by atoms with Crippen LogP contribution in [-0.4, -0.2) is 29.3 Å². The van der Waals surface area contributed by atoms with Crippen LogP contribution in [0.5, 0.6) is 0 Å². The molecule has 0 amide bonds. The molecule has 1 atom stereocenters. The van der Waals surface area contributed by atoms with Crippen LogP contribution in [0.15, 0.2) is 62.5 Å². The van der Waals surface area contributed by atoms with Gasteiger partial charge in [-0.1, -0.05) is 12.1 Å². The number of furan rings is 2. The summed E-state index contributed by atoms with van der Waals surface area (Å²) in [6.45, 7) is 1.20. The van der Waals surface area contributed by atoms with E-state index >= 15 is 0 Å². The van der Waals surface area contributed by atoms with Gasteiger partial charge in [-0.3, -0.25) is 0 Å². The van der Waals surface area contributed by atoms with Gasteiger partial charge in [0, 0.05) is 28.3 Å². The summed E-state index contributed by atoms with van der Waals surface area (Å²) >= 11 is 0. The molecule has 3 heterocycles. The summed E-state index contributed by atoms with van der Waals surface area (Å²) in [4.78, 5) is 5.63. The SMILES string of the molecule is CCc1cc2cc(C3NC(c4ccc5oc(C(N)(CO)CO)cc5c4)=NO3)ccc2o1. The molecule has 0 saturated heterocycles. The van der Waals surface area contributed by atoms with Gasteiger partial charge in [-0.25, -0.2) is 0 Å². The second-order valence-electron chi connectivity index (χ2n) is 7.77. The maximum atomic E-state index is 9.51. The lowest BCUT2D eigenvalue weighted by Gasteiger charge is -2.21. The van der Waals surface area contributed by atoms with Crippen LogP contribution >= 0.6 is 0 Å². The Morgan fingerprint density at radius 2 is 1.74 bits per heavy atom. The number of aliphatic hydroxyl groups excluding tert-OH is 2. The van der Waals surface area contributed by atoms with Crippen LogP contribution in [0.3, 0.4) is 0 Å². The number of nitrogens with one attached hydrogen (secondary N) is 1. The van der Waals surface area contributed by atoms with E-state index in [9.17, 15) is 10.2 Å². The van der Waals surface area contributed by atoms with Crippen molar-refractivity contribution in [3.05, 3.63) is 71.2 Å². The van der Waals surface area contributed by atoms with Crippen molar-refractivity contribution in [2.75, 3.05) is 13.2 Å². The number of fused-ring (bicyclic) bond motifs is 2. The van der Waals surface area contributed by atoms with Crippen LogP contribution in [0.4, 0.5) is 0 Å². The molecule has 160 valence electrons. The first-order valence-corrected chi connectivity index (χ1v) is 10.1. The fraction of sp³-hybridized carbons (Fsp3) is 0.261. The van der Waals surface area contributed by atoms with Gasteiger partial charge in [0.15, 0.2) is 5.84 Å². The van der Waals surface area contributed by atoms with Crippen LogP contribution in [0.1, 0.15) is 35.8 Å². The predicted molar refractivity (Wildman–Crippen MR) is 115 cm³/mol. The molecule has 1 unspecified atom stereocenters. The summed E-state index contributed by atoms with van der Waals surface area (Å²) in [7, 11) is 0. The molecule has 5 N–H and O–H groups in total. The Labute approximate surface area is 177 Å². The summed E-state index contributed by atoms with van der Waals surface area (Å²) in [5.41, 5.74) is 7.89. The zero-order valence-corrected chi connectivity index (χ0v) is 17.0. The van der Waals surface area contributed by atoms with E-state index in [1.807, 2.05) is 36.4 Å². The number of oxime groups is 1. The fourth-order valence-electron chi connectivity index (χ4n) is 3.66. The van der Waals surface area contributed by atoms with E-state index in [-0.39, 0.29) is 0 Å². The zero-order valence-electron chi connectivity index (χ0n) is 17.0. The van der Waals surface area contributed by atoms with Gasteiger partial charge < -0.3 is 34.9 Å². The third-order valence-corrected chi connectivity index (χ3v) is 5.60. The number of hydrogen-bond donors (Lipinski definition) is 4. The summed E-state index contributed by atoms with van der Waals surface area (Å²) in [5.74, 6) is 1.86. The maximum absolute atomic E-state index is 9.51. The van der Waals surface area contributed by atoms with Crippen LogP contribution in [0.2, 0.25) is 0 Å². The lowest BCUT2D eigenvalue weighted by molar-refractivity contribution is 0.0730. The molecule has 4 aromatic rings. The van der Waals surface area contributed by atoms with Crippen LogP contribution in [0, 0.1) is 0 Å². The Bertz CT molecular complexity index is 1290. The van der Waals surface area contributed by atoms with E-state index in [0.717, 1.165) is 39.7 Å². The minimum atomic E-state index is -1.33. The van der Waals surface area contributed by atoms with Crippen LogP contribution < -0.4 is 11.1 Å². The molecule has 0 spiro atoms. The molecule has 1 aliphatic heterocycles. The molecule has 2 aromatic carbocycles. The highest BCUT2D eigenvalue weighted by molar-refractivity contribution is 6.02. The van der Waals surface area contributed by atoms with Gasteiger partial charge in [0.05, 0.1) is 13.2 Å². The normalized spacial score (nSPS) is 16.5. The number of benzene rings is 2. The number of hydrogen-bond acceptors (Lipinski definition) is 8. The number of amidine groups is 1. The second kappa shape index (κ2) is 7.42. The molecule has 0 aliphatic carbocycles. The van der Waals surface area contributed by atoms with Gasteiger partial charge in [-0.15, -0.1) is 0 Å². The van der Waals surface area contributed by atoms with E-state index in [1.54, 1.807) is 12.1 Å². The monoisotopic (exact) mass is 421 g/mol. The van der Waals surface area contributed by atoms with Crippen molar-refractivity contribution in [2.45, 2.75) is 25.1 Å². The van der Waals surface area contributed by atoms with E-state index in [4.69, 9.17) is 19.4 Å². The smallest absolute Gasteiger partial charge is 0.224 e. The largest absolute Gasteiger partial charge is 0.461 e. The Balaban J connectivity index is 1.39. The Kier molecular flexibility index (Phi) is 4.70. The number of rotatable bonds is 6. The van der Waals surface area contributed by atoms with Crippen molar-refractivity contribution in [3.63, 3.8) is 0 Å². The molecule has 0 fully saturated rings. The van der Waals surface area contributed by atoms with Gasteiger partial charge in [0.1, 0.15) is 28.2 Å². The quantitative estimate of drug-likeness (QED) is 0.377. The standard InChI is InChI=1S/C23H23N3O5/c1-2-17-9-15-8-14(4-6-18(15)29-17)22-25-21(26-31-22)13-3-5-19-16(7-13)10-20(30-19)23(24,11-27)12-28/h3-10,22,27-28H,2,11-12,24H2,1H3,(H,25,26). The topological polar surface area (TPSA) is 126 Å². The minimum Gasteiger partial charge on any atom is -0.461 e. The molecular formula is C23H23N3O5.